The fourth-order valence-corrected chi connectivity index (χ4v) is 3.08. The molecule has 0 radical (unpaired) electrons. The van der Waals surface area contributed by atoms with Gasteiger partial charge in [0.05, 0.1) is 11.1 Å². The van der Waals surface area contributed by atoms with Crippen LogP contribution in [0.2, 0.25) is 0 Å². The Hall–Kier alpha value is -3.81. The van der Waals surface area contributed by atoms with E-state index in [2.05, 4.69) is 10.5 Å². The van der Waals surface area contributed by atoms with Crippen LogP contribution in [0, 0.1) is 36.7 Å². The largest absolute Gasteiger partial charge is 0.318 e. The lowest BCUT2D eigenvalue weighted by Crippen LogP contribution is -2.18. The van der Waals surface area contributed by atoms with E-state index in [0.717, 1.165) is 22.6 Å². The number of halogens is 1. The predicted octanol–water partition coefficient (Wildman–Crippen LogP) is 4.21. The smallest absolute Gasteiger partial charge is 0.273 e. The van der Waals surface area contributed by atoms with E-state index in [1.54, 1.807) is 19.1 Å². The third kappa shape index (κ3) is 4.21. The number of carbonyl (C=O) groups excluding carboxylic acids is 1. The lowest BCUT2D eigenvalue weighted by atomic mass is 10.1. The first kappa shape index (κ1) is 19.9. The monoisotopic (exact) mass is 394 g/mol. The van der Waals surface area contributed by atoms with Gasteiger partial charge in [0.25, 0.3) is 11.6 Å². The molecule has 2 aromatic carbocycles. The Balaban J connectivity index is 1.78. The molecule has 0 saturated heterocycles. The summed E-state index contributed by atoms with van der Waals surface area (Å²) in [5.41, 5.74) is 6.29. The standard InChI is InChI=1S/C21H19FN4O3/c1-13-4-5-16(11-20(13)26(28)29)21(27)24-23-12-17-10-14(2)25(15(17)3)19-8-6-18(22)7-9-19/h4-12H,1-3H3,(H,24,27)/b23-12-. The summed E-state index contributed by atoms with van der Waals surface area (Å²) in [6, 6.07) is 12.3. The van der Waals surface area contributed by atoms with Gasteiger partial charge in [-0.25, -0.2) is 9.82 Å². The summed E-state index contributed by atoms with van der Waals surface area (Å²) in [5.74, 6) is -0.853. The second-order valence-corrected chi connectivity index (χ2v) is 6.60. The summed E-state index contributed by atoms with van der Waals surface area (Å²) >= 11 is 0. The second kappa shape index (κ2) is 8.05. The van der Waals surface area contributed by atoms with Gasteiger partial charge in [-0.15, -0.1) is 0 Å². The molecule has 0 saturated carbocycles. The molecule has 0 fully saturated rings. The molecule has 1 aromatic heterocycles. The number of hydrazone groups is 1. The number of amides is 1. The number of aromatic nitrogens is 1. The van der Waals surface area contributed by atoms with Gasteiger partial charge in [0.1, 0.15) is 5.82 Å². The van der Waals surface area contributed by atoms with Gasteiger partial charge in [-0.3, -0.25) is 14.9 Å². The molecular formula is C21H19FN4O3. The third-order valence-corrected chi connectivity index (χ3v) is 4.59. The van der Waals surface area contributed by atoms with Crippen molar-refractivity contribution in [1.29, 1.82) is 0 Å². The maximum absolute atomic E-state index is 13.2. The predicted molar refractivity (Wildman–Crippen MR) is 108 cm³/mol. The van der Waals surface area contributed by atoms with Crippen LogP contribution in [0.4, 0.5) is 10.1 Å². The number of nitrogens with one attached hydrogen (secondary N) is 1. The van der Waals surface area contributed by atoms with Gasteiger partial charge < -0.3 is 4.57 Å². The minimum absolute atomic E-state index is 0.121. The van der Waals surface area contributed by atoms with Crippen LogP contribution in [0.1, 0.15) is 32.9 Å². The van der Waals surface area contributed by atoms with Crippen LogP contribution in [0.3, 0.4) is 0 Å². The van der Waals surface area contributed by atoms with E-state index in [9.17, 15) is 19.3 Å². The fraction of sp³-hybridized carbons (Fsp3) is 0.143. The number of aryl methyl sites for hydroxylation is 2. The van der Waals surface area contributed by atoms with Crippen LogP contribution in [0.15, 0.2) is 53.6 Å². The van der Waals surface area contributed by atoms with Gasteiger partial charge in [0, 0.05) is 39.8 Å². The normalized spacial score (nSPS) is 11.0. The van der Waals surface area contributed by atoms with Crippen LogP contribution in [0.25, 0.3) is 5.69 Å². The quantitative estimate of drug-likeness (QED) is 0.399. The van der Waals surface area contributed by atoms with Crippen molar-refractivity contribution in [1.82, 2.24) is 9.99 Å². The highest BCUT2D eigenvalue weighted by Crippen LogP contribution is 2.21. The Morgan fingerprint density at radius 2 is 1.83 bits per heavy atom. The zero-order valence-corrected chi connectivity index (χ0v) is 16.1. The van der Waals surface area contributed by atoms with Crippen molar-refractivity contribution >= 4 is 17.8 Å². The maximum atomic E-state index is 13.2. The Labute approximate surface area is 166 Å². The summed E-state index contributed by atoms with van der Waals surface area (Å²) in [6.07, 6.45) is 1.50. The molecular weight excluding hydrogens is 375 g/mol. The number of nitrogens with zero attached hydrogens (tertiary/aromatic N) is 3. The van der Waals surface area contributed by atoms with Crippen molar-refractivity contribution in [3.8, 4) is 5.69 Å². The number of nitro groups is 1. The molecule has 8 heteroatoms. The summed E-state index contributed by atoms with van der Waals surface area (Å²) < 4.78 is 15.1. The van der Waals surface area contributed by atoms with Gasteiger partial charge in [0.2, 0.25) is 0 Å². The topological polar surface area (TPSA) is 89.5 Å². The molecule has 0 aliphatic rings. The van der Waals surface area contributed by atoms with Crippen molar-refractivity contribution in [3.05, 3.63) is 92.5 Å². The number of hydrogen-bond acceptors (Lipinski definition) is 4. The fourth-order valence-electron chi connectivity index (χ4n) is 3.08. The molecule has 1 heterocycles. The SMILES string of the molecule is Cc1ccc(C(=O)N/N=C\c2cc(C)n(-c3ccc(F)cc3)c2C)cc1[N+](=O)[O-]. The average molecular weight is 394 g/mol. The van der Waals surface area contributed by atoms with Crippen LogP contribution in [-0.4, -0.2) is 21.6 Å². The molecule has 0 spiro atoms. The Morgan fingerprint density at radius 1 is 1.14 bits per heavy atom. The van der Waals surface area contributed by atoms with Crippen molar-refractivity contribution in [2.75, 3.05) is 0 Å². The lowest BCUT2D eigenvalue weighted by molar-refractivity contribution is -0.385. The molecule has 148 valence electrons. The number of nitro benzene ring substituents is 1. The highest BCUT2D eigenvalue weighted by molar-refractivity contribution is 5.95. The van der Waals surface area contributed by atoms with Crippen LogP contribution >= 0.6 is 0 Å². The van der Waals surface area contributed by atoms with Crippen LogP contribution < -0.4 is 5.43 Å². The molecule has 7 nitrogen and oxygen atoms in total. The Morgan fingerprint density at radius 3 is 2.48 bits per heavy atom. The highest BCUT2D eigenvalue weighted by Gasteiger charge is 2.15. The Bertz CT molecular complexity index is 1120. The minimum Gasteiger partial charge on any atom is -0.318 e. The zero-order valence-electron chi connectivity index (χ0n) is 16.1. The first-order valence-electron chi connectivity index (χ1n) is 8.81. The van der Waals surface area contributed by atoms with Gasteiger partial charge >= 0.3 is 0 Å². The maximum Gasteiger partial charge on any atom is 0.273 e. The zero-order chi connectivity index (χ0) is 21.1. The molecule has 0 bridgehead atoms. The Kier molecular flexibility index (Phi) is 5.54. The van der Waals surface area contributed by atoms with Gasteiger partial charge in [-0.1, -0.05) is 6.07 Å². The van der Waals surface area contributed by atoms with Crippen molar-refractivity contribution in [3.63, 3.8) is 0 Å². The first-order chi connectivity index (χ1) is 13.8. The molecule has 3 rings (SSSR count). The van der Waals surface area contributed by atoms with Gasteiger partial charge in [-0.05, 0) is 57.2 Å². The summed E-state index contributed by atoms with van der Waals surface area (Å²) in [5, 5.41) is 15.0. The van der Waals surface area contributed by atoms with Crippen molar-refractivity contribution in [2.45, 2.75) is 20.8 Å². The molecule has 0 aliphatic carbocycles. The summed E-state index contributed by atoms with van der Waals surface area (Å²) in [4.78, 5) is 22.7. The highest BCUT2D eigenvalue weighted by atomic mass is 19.1. The minimum atomic E-state index is -0.545. The third-order valence-electron chi connectivity index (χ3n) is 4.59. The second-order valence-electron chi connectivity index (χ2n) is 6.60. The van der Waals surface area contributed by atoms with E-state index in [0.29, 0.717) is 5.56 Å². The first-order valence-corrected chi connectivity index (χ1v) is 8.81. The summed E-state index contributed by atoms with van der Waals surface area (Å²) in [7, 11) is 0. The van der Waals surface area contributed by atoms with E-state index in [1.807, 2.05) is 24.5 Å². The van der Waals surface area contributed by atoms with E-state index in [1.165, 1.54) is 36.5 Å². The molecule has 1 amide bonds. The molecule has 0 unspecified atom stereocenters. The molecule has 0 aliphatic heterocycles. The van der Waals surface area contributed by atoms with E-state index < -0.39 is 10.8 Å². The number of rotatable bonds is 5. The van der Waals surface area contributed by atoms with E-state index in [-0.39, 0.29) is 17.1 Å². The van der Waals surface area contributed by atoms with E-state index >= 15 is 0 Å². The lowest BCUT2D eigenvalue weighted by Gasteiger charge is -2.09. The van der Waals surface area contributed by atoms with Crippen LogP contribution in [-0.2, 0) is 0 Å². The molecule has 1 N–H and O–H groups in total. The van der Waals surface area contributed by atoms with Crippen molar-refractivity contribution < 1.29 is 14.1 Å². The molecule has 3 aromatic rings. The average Bonchev–Trinajstić information content (AvgIpc) is 2.96. The molecule has 29 heavy (non-hydrogen) atoms. The van der Waals surface area contributed by atoms with Crippen LogP contribution in [0.5, 0.6) is 0 Å². The molecule has 0 atom stereocenters. The van der Waals surface area contributed by atoms with Crippen molar-refractivity contribution in [2.24, 2.45) is 5.10 Å². The van der Waals surface area contributed by atoms with Gasteiger partial charge in [-0.2, -0.15) is 5.10 Å². The van der Waals surface area contributed by atoms with Gasteiger partial charge in [0.15, 0.2) is 0 Å². The van der Waals surface area contributed by atoms with E-state index in [4.69, 9.17) is 0 Å². The number of carbonyl (C=O) groups is 1. The number of benzene rings is 2. The summed E-state index contributed by atoms with van der Waals surface area (Å²) in [6.45, 7) is 5.41. The number of hydrogen-bond donors (Lipinski definition) is 1.